The second-order valence-corrected chi connectivity index (χ2v) is 4.98. The molecule has 98 valence electrons. The van der Waals surface area contributed by atoms with Gasteiger partial charge in [-0.25, -0.2) is 0 Å². The van der Waals surface area contributed by atoms with Crippen LogP contribution < -0.4 is 5.32 Å². The maximum Gasteiger partial charge on any atom is 0.0214 e. The van der Waals surface area contributed by atoms with Gasteiger partial charge >= 0.3 is 0 Å². The molecule has 1 heteroatoms. The lowest BCUT2D eigenvalue weighted by atomic mass is 10.0. The van der Waals surface area contributed by atoms with Gasteiger partial charge in [0.1, 0.15) is 0 Å². The van der Waals surface area contributed by atoms with Crippen LogP contribution in [0.25, 0.3) is 11.6 Å². The summed E-state index contributed by atoms with van der Waals surface area (Å²) in [4.78, 5) is 0. The summed E-state index contributed by atoms with van der Waals surface area (Å²) in [6, 6.07) is 21.5. The van der Waals surface area contributed by atoms with Gasteiger partial charge in [-0.1, -0.05) is 74.5 Å². The molecule has 0 bridgehead atoms. The summed E-state index contributed by atoms with van der Waals surface area (Å²) in [5.41, 5.74) is 3.84. The molecule has 2 aromatic rings. The van der Waals surface area contributed by atoms with E-state index in [1.165, 1.54) is 16.7 Å². The molecule has 0 aliphatic carbocycles. The van der Waals surface area contributed by atoms with Crippen molar-refractivity contribution in [2.75, 3.05) is 6.54 Å². The van der Waals surface area contributed by atoms with Crippen LogP contribution in [0, 0.1) is 0 Å². The van der Waals surface area contributed by atoms with Crippen molar-refractivity contribution in [3.8, 4) is 0 Å². The van der Waals surface area contributed by atoms with Gasteiger partial charge in [-0.2, -0.15) is 0 Å². The summed E-state index contributed by atoms with van der Waals surface area (Å²) in [5.74, 6) is 0. The first-order valence-corrected chi connectivity index (χ1v) is 6.80. The SMILES string of the molecule is CC(C)NC/C(=C/c1ccccc1)c1ccccc1. The normalized spacial score (nSPS) is 11.8. The highest BCUT2D eigenvalue weighted by molar-refractivity contribution is 5.82. The molecule has 0 aliphatic rings. The predicted molar refractivity (Wildman–Crippen MR) is 83.9 cm³/mol. The number of benzene rings is 2. The lowest BCUT2D eigenvalue weighted by Gasteiger charge is -2.12. The van der Waals surface area contributed by atoms with E-state index in [9.17, 15) is 0 Å². The zero-order valence-electron chi connectivity index (χ0n) is 11.6. The van der Waals surface area contributed by atoms with Crippen molar-refractivity contribution in [1.82, 2.24) is 5.32 Å². The minimum Gasteiger partial charge on any atom is -0.310 e. The van der Waals surface area contributed by atoms with Crippen molar-refractivity contribution in [3.05, 3.63) is 71.8 Å². The van der Waals surface area contributed by atoms with E-state index in [4.69, 9.17) is 0 Å². The van der Waals surface area contributed by atoms with Crippen molar-refractivity contribution in [3.63, 3.8) is 0 Å². The van der Waals surface area contributed by atoms with E-state index >= 15 is 0 Å². The van der Waals surface area contributed by atoms with Crippen LogP contribution in [0.2, 0.25) is 0 Å². The highest BCUT2D eigenvalue weighted by Crippen LogP contribution is 2.17. The van der Waals surface area contributed by atoms with E-state index in [2.05, 4.69) is 79.8 Å². The Balaban J connectivity index is 2.27. The molecule has 0 saturated carbocycles. The third-order valence-electron chi connectivity index (χ3n) is 2.99. The van der Waals surface area contributed by atoms with Gasteiger partial charge in [0.25, 0.3) is 0 Å². The lowest BCUT2D eigenvalue weighted by Crippen LogP contribution is -2.24. The summed E-state index contributed by atoms with van der Waals surface area (Å²) in [6.45, 7) is 5.23. The quantitative estimate of drug-likeness (QED) is 0.784. The molecule has 0 unspecified atom stereocenters. The maximum absolute atomic E-state index is 3.50. The summed E-state index contributed by atoms with van der Waals surface area (Å²) in [6.07, 6.45) is 2.25. The monoisotopic (exact) mass is 251 g/mol. The highest BCUT2D eigenvalue weighted by Gasteiger charge is 2.02. The molecule has 0 heterocycles. The average molecular weight is 251 g/mol. The fraction of sp³-hybridized carbons (Fsp3) is 0.222. The summed E-state index contributed by atoms with van der Waals surface area (Å²) in [7, 11) is 0. The smallest absolute Gasteiger partial charge is 0.0214 e. The molecular formula is C18H21N. The van der Waals surface area contributed by atoms with Crippen LogP contribution in [0.5, 0.6) is 0 Å². The molecule has 0 amide bonds. The Hall–Kier alpha value is -1.86. The van der Waals surface area contributed by atoms with Crippen LogP contribution in [0.1, 0.15) is 25.0 Å². The Morgan fingerprint density at radius 3 is 2.11 bits per heavy atom. The van der Waals surface area contributed by atoms with Crippen LogP contribution in [0.4, 0.5) is 0 Å². The van der Waals surface area contributed by atoms with Crippen LogP contribution in [-0.4, -0.2) is 12.6 Å². The molecule has 0 spiro atoms. The third-order valence-corrected chi connectivity index (χ3v) is 2.99. The van der Waals surface area contributed by atoms with E-state index in [-0.39, 0.29) is 0 Å². The van der Waals surface area contributed by atoms with Crippen molar-refractivity contribution in [1.29, 1.82) is 0 Å². The van der Waals surface area contributed by atoms with Gasteiger partial charge in [0.15, 0.2) is 0 Å². The van der Waals surface area contributed by atoms with Gasteiger partial charge in [-0.05, 0) is 22.8 Å². The molecule has 0 aliphatic heterocycles. The van der Waals surface area contributed by atoms with Crippen LogP contribution in [0.3, 0.4) is 0 Å². The number of hydrogen-bond donors (Lipinski definition) is 1. The van der Waals surface area contributed by atoms with Crippen LogP contribution >= 0.6 is 0 Å². The first-order chi connectivity index (χ1) is 9.25. The largest absolute Gasteiger partial charge is 0.310 e. The minimum atomic E-state index is 0.489. The maximum atomic E-state index is 3.50. The molecule has 0 radical (unpaired) electrons. The zero-order valence-corrected chi connectivity index (χ0v) is 11.6. The van der Waals surface area contributed by atoms with Crippen LogP contribution in [0.15, 0.2) is 60.7 Å². The molecule has 1 nitrogen and oxygen atoms in total. The van der Waals surface area contributed by atoms with Crippen molar-refractivity contribution in [2.45, 2.75) is 19.9 Å². The molecule has 19 heavy (non-hydrogen) atoms. The minimum absolute atomic E-state index is 0.489. The van der Waals surface area contributed by atoms with E-state index in [1.807, 2.05) is 6.07 Å². The fourth-order valence-electron chi connectivity index (χ4n) is 1.95. The lowest BCUT2D eigenvalue weighted by molar-refractivity contribution is 0.638. The van der Waals surface area contributed by atoms with E-state index in [0.717, 1.165) is 6.54 Å². The topological polar surface area (TPSA) is 12.0 Å². The zero-order chi connectivity index (χ0) is 13.5. The molecule has 0 atom stereocenters. The first-order valence-electron chi connectivity index (χ1n) is 6.80. The predicted octanol–water partition coefficient (Wildman–Crippen LogP) is 4.23. The summed E-state index contributed by atoms with van der Waals surface area (Å²) in [5, 5.41) is 3.50. The Bertz CT molecular complexity index is 512. The van der Waals surface area contributed by atoms with Crippen molar-refractivity contribution < 1.29 is 0 Å². The van der Waals surface area contributed by atoms with Gasteiger partial charge in [-0.3, -0.25) is 0 Å². The van der Waals surface area contributed by atoms with Gasteiger partial charge in [0.05, 0.1) is 0 Å². The average Bonchev–Trinajstić information content (AvgIpc) is 2.45. The van der Waals surface area contributed by atoms with Crippen molar-refractivity contribution >= 4 is 11.6 Å². The van der Waals surface area contributed by atoms with E-state index in [0.29, 0.717) is 6.04 Å². The molecule has 0 aromatic heterocycles. The van der Waals surface area contributed by atoms with Gasteiger partial charge < -0.3 is 5.32 Å². The first kappa shape index (κ1) is 13.6. The fourth-order valence-corrected chi connectivity index (χ4v) is 1.95. The molecule has 2 rings (SSSR count). The molecular weight excluding hydrogens is 230 g/mol. The number of rotatable bonds is 5. The Morgan fingerprint density at radius 2 is 1.53 bits per heavy atom. The molecule has 0 fully saturated rings. The Labute approximate surface area is 116 Å². The second kappa shape index (κ2) is 6.91. The van der Waals surface area contributed by atoms with Gasteiger partial charge in [0, 0.05) is 12.6 Å². The number of hydrogen-bond acceptors (Lipinski definition) is 1. The highest BCUT2D eigenvalue weighted by atomic mass is 14.9. The Kier molecular flexibility index (Phi) is 4.93. The summed E-state index contributed by atoms with van der Waals surface area (Å²) >= 11 is 0. The summed E-state index contributed by atoms with van der Waals surface area (Å²) < 4.78 is 0. The van der Waals surface area contributed by atoms with Crippen LogP contribution in [-0.2, 0) is 0 Å². The molecule has 1 N–H and O–H groups in total. The third kappa shape index (κ3) is 4.38. The van der Waals surface area contributed by atoms with E-state index < -0.39 is 0 Å². The van der Waals surface area contributed by atoms with Gasteiger partial charge in [-0.15, -0.1) is 0 Å². The molecule has 2 aromatic carbocycles. The Morgan fingerprint density at radius 1 is 0.947 bits per heavy atom. The number of nitrogens with one attached hydrogen (secondary N) is 1. The van der Waals surface area contributed by atoms with E-state index in [1.54, 1.807) is 0 Å². The second-order valence-electron chi connectivity index (χ2n) is 4.98. The molecule has 0 saturated heterocycles. The van der Waals surface area contributed by atoms with Crippen molar-refractivity contribution in [2.24, 2.45) is 0 Å². The standard InChI is InChI=1S/C18H21N/c1-15(2)19-14-18(17-11-7-4-8-12-17)13-16-9-5-3-6-10-16/h3-13,15,19H,14H2,1-2H3/b18-13-. The van der Waals surface area contributed by atoms with Gasteiger partial charge in [0.2, 0.25) is 0 Å².